The van der Waals surface area contributed by atoms with Crippen LogP contribution in [0.3, 0.4) is 0 Å². The van der Waals surface area contributed by atoms with Crippen LogP contribution in [0.15, 0.2) is 42.5 Å². The molecule has 0 radical (unpaired) electrons. The second kappa shape index (κ2) is 10.4. The molecule has 0 aliphatic heterocycles. The van der Waals surface area contributed by atoms with Gasteiger partial charge >= 0.3 is 6.09 Å². The van der Waals surface area contributed by atoms with Crippen LogP contribution in [0.5, 0.6) is 5.75 Å². The number of carbonyl (C=O) groups excluding carboxylic acids is 2. The number of aliphatic hydroxyl groups excluding tert-OH is 1. The molecule has 0 saturated heterocycles. The summed E-state index contributed by atoms with van der Waals surface area (Å²) in [6, 6.07) is 11.3. The molecule has 28 heavy (non-hydrogen) atoms. The van der Waals surface area contributed by atoms with Crippen LogP contribution in [0, 0.1) is 3.57 Å². The van der Waals surface area contributed by atoms with Crippen molar-refractivity contribution in [3.05, 3.63) is 57.2 Å². The Labute approximate surface area is 176 Å². The molecule has 0 aliphatic carbocycles. The summed E-state index contributed by atoms with van der Waals surface area (Å²) in [4.78, 5) is 23.8. The average molecular weight is 499 g/mol. The Morgan fingerprint density at radius 2 is 1.86 bits per heavy atom. The van der Waals surface area contributed by atoms with Gasteiger partial charge in [-0.25, -0.2) is 4.79 Å². The van der Waals surface area contributed by atoms with Crippen LogP contribution >= 0.6 is 22.6 Å². The Bertz CT molecular complexity index is 824. The molecule has 0 aromatic heterocycles. The number of methoxy groups -OCH3 is 1. The number of hydrogen-bond acceptors (Lipinski definition) is 6. The SMILES string of the molecule is CO[C@@H](CCO)[C@@H](OC(=O)Nc1ccc(C(C)=O)cc1)c1cc(I)ccc1O. The van der Waals surface area contributed by atoms with Crippen molar-refractivity contribution in [2.45, 2.75) is 25.6 Å². The minimum absolute atomic E-state index is 0.0379. The maximum absolute atomic E-state index is 12.4. The monoisotopic (exact) mass is 499 g/mol. The van der Waals surface area contributed by atoms with Crippen LogP contribution in [0.1, 0.15) is 35.4 Å². The molecule has 2 rings (SSSR count). The zero-order valence-electron chi connectivity index (χ0n) is 15.5. The molecule has 7 nitrogen and oxygen atoms in total. The number of hydrogen-bond donors (Lipinski definition) is 3. The molecule has 0 fully saturated rings. The Morgan fingerprint density at radius 3 is 2.43 bits per heavy atom. The normalized spacial score (nSPS) is 12.9. The van der Waals surface area contributed by atoms with Gasteiger partial charge in [-0.05, 0) is 72.0 Å². The summed E-state index contributed by atoms with van der Waals surface area (Å²) < 4.78 is 11.8. The molecule has 0 heterocycles. The van der Waals surface area contributed by atoms with E-state index in [-0.39, 0.29) is 24.6 Å². The van der Waals surface area contributed by atoms with Crippen molar-refractivity contribution in [3.63, 3.8) is 0 Å². The predicted octanol–water partition coefficient (Wildman–Crippen LogP) is 3.89. The van der Waals surface area contributed by atoms with E-state index in [0.29, 0.717) is 16.8 Å². The number of nitrogens with one attached hydrogen (secondary N) is 1. The summed E-state index contributed by atoms with van der Waals surface area (Å²) in [5, 5.41) is 22.1. The highest BCUT2D eigenvalue weighted by Crippen LogP contribution is 2.33. The number of phenols is 1. The third-order valence-corrected chi connectivity index (χ3v) is 4.79. The zero-order valence-corrected chi connectivity index (χ0v) is 17.7. The van der Waals surface area contributed by atoms with Crippen molar-refractivity contribution in [3.8, 4) is 5.75 Å². The van der Waals surface area contributed by atoms with E-state index in [1.165, 1.54) is 20.1 Å². The van der Waals surface area contributed by atoms with Gasteiger partial charge in [0.25, 0.3) is 0 Å². The smallest absolute Gasteiger partial charge is 0.412 e. The van der Waals surface area contributed by atoms with Crippen molar-refractivity contribution < 1.29 is 29.3 Å². The number of halogens is 1. The van der Waals surface area contributed by atoms with Gasteiger partial charge in [-0.3, -0.25) is 10.1 Å². The number of rotatable bonds is 8. The molecule has 1 amide bonds. The first kappa shape index (κ1) is 22.1. The van der Waals surface area contributed by atoms with E-state index >= 15 is 0 Å². The Balaban J connectivity index is 2.22. The van der Waals surface area contributed by atoms with Gasteiger partial charge in [0.15, 0.2) is 11.9 Å². The molecule has 2 atom stereocenters. The number of benzene rings is 2. The summed E-state index contributed by atoms with van der Waals surface area (Å²) in [6.07, 6.45) is -2.12. The number of carbonyl (C=O) groups is 2. The van der Waals surface area contributed by atoms with Crippen LogP contribution < -0.4 is 5.32 Å². The summed E-state index contributed by atoms with van der Waals surface area (Å²) in [7, 11) is 1.44. The number of Topliss-reactive ketones (excluding diaryl/α,β-unsaturated/α-hetero) is 1. The highest BCUT2D eigenvalue weighted by atomic mass is 127. The lowest BCUT2D eigenvalue weighted by atomic mass is 10.0. The fourth-order valence-electron chi connectivity index (χ4n) is 2.66. The third kappa shape index (κ3) is 5.91. The molecule has 0 aliphatic rings. The summed E-state index contributed by atoms with van der Waals surface area (Å²) >= 11 is 2.09. The van der Waals surface area contributed by atoms with Gasteiger partial charge < -0.3 is 19.7 Å². The number of amides is 1. The minimum Gasteiger partial charge on any atom is -0.508 e. The number of ketones is 1. The summed E-state index contributed by atoms with van der Waals surface area (Å²) in [6.45, 7) is 1.29. The second-order valence-corrected chi connectivity index (χ2v) is 7.32. The van der Waals surface area contributed by atoms with Gasteiger partial charge in [0.05, 0.1) is 0 Å². The predicted molar refractivity (Wildman–Crippen MR) is 113 cm³/mol. The average Bonchev–Trinajstić information content (AvgIpc) is 2.67. The van der Waals surface area contributed by atoms with Crippen LogP contribution in [0.4, 0.5) is 10.5 Å². The third-order valence-electron chi connectivity index (χ3n) is 4.12. The largest absolute Gasteiger partial charge is 0.508 e. The van der Waals surface area contributed by atoms with E-state index in [1.54, 1.807) is 36.4 Å². The van der Waals surface area contributed by atoms with E-state index < -0.39 is 18.3 Å². The number of phenolic OH excluding ortho intramolecular Hbond substituents is 1. The molecule has 0 unspecified atom stereocenters. The van der Waals surface area contributed by atoms with E-state index in [4.69, 9.17) is 9.47 Å². The fourth-order valence-corrected chi connectivity index (χ4v) is 3.18. The quantitative estimate of drug-likeness (QED) is 0.376. The van der Waals surface area contributed by atoms with Gasteiger partial charge in [-0.1, -0.05) is 0 Å². The summed E-state index contributed by atoms with van der Waals surface area (Å²) in [5.74, 6) is -0.112. The number of aliphatic hydroxyl groups is 1. The first-order chi connectivity index (χ1) is 13.3. The molecular formula is C20H22INO6. The highest BCUT2D eigenvalue weighted by Gasteiger charge is 2.29. The zero-order chi connectivity index (χ0) is 20.7. The lowest BCUT2D eigenvalue weighted by Gasteiger charge is -2.26. The van der Waals surface area contributed by atoms with Crippen LogP contribution in [-0.2, 0) is 9.47 Å². The molecule has 2 aromatic rings. The molecule has 0 spiro atoms. The van der Waals surface area contributed by atoms with Crippen molar-refractivity contribution in [2.75, 3.05) is 19.0 Å². The second-order valence-electron chi connectivity index (χ2n) is 6.07. The van der Waals surface area contributed by atoms with E-state index in [0.717, 1.165) is 3.57 Å². The molecule has 8 heteroatoms. The Kier molecular flexibility index (Phi) is 8.21. The van der Waals surface area contributed by atoms with Crippen LogP contribution in [-0.4, -0.2) is 41.9 Å². The van der Waals surface area contributed by atoms with Gasteiger partial charge in [-0.2, -0.15) is 0 Å². The lowest BCUT2D eigenvalue weighted by Crippen LogP contribution is -2.29. The molecule has 2 aromatic carbocycles. The van der Waals surface area contributed by atoms with E-state index in [9.17, 15) is 19.8 Å². The topological polar surface area (TPSA) is 105 Å². The number of aromatic hydroxyl groups is 1. The number of anilines is 1. The van der Waals surface area contributed by atoms with Gasteiger partial charge in [-0.15, -0.1) is 0 Å². The number of ether oxygens (including phenoxy) is 2. The van der Waals surface area contributed by atoms with Gasteiger partial charge in [0.1, 0.15) is 11.9 Å². The highest BCUT2D eigenvalue weighted by molar-refractivity contribution is 14.1. The first-order valence-electron chi connectivity index (χ1n) is 8.56. The van der Waals surface area contributed by atoms with Gasteiger partial charge in [0, 0.05) is 40.5 Å². The summed E-state index contributed by atoms with van der Waals surface area (Å²) in [5.41, 5.74) is 1.37. The molecule has 0 bridgehead atoms. The fraction of sp³-hybridized carbons (Fsp3) is 0.300. The van der Waals surface area contributed by atoms with Gasteiger partial charge in [0.2, 0.25) is 0 Å². The molecule has 0 saturated carbocycles. The first-order valence-corrected chi connectivity index (χ1v) is 9.64. The van der Waals surface area contributed by atoms with E-state index in [1.807, 2.05) is 0 Å². The van der Waals surface area contributed by atoms with Crippen LogP contribution in [0.2, 0.25) is 0 Å². The van der Waals surface area contributed by atoms with Crippen molar-refractivity contribution in [1.82, 2.24) is 0 Å². The Morgan fingerprint density at radius 1 is 1.18 bits per heavy atom. The minimum atomic E-state index is -0.927. The van der Waals surface area contributed by atoms with Crippen molar-refractivity contribution >= 4 is 40.2 Å². The lowest BCUT2D eigenvalue weighted by molar-refractivity contribution is -0.0314. The Hall–Kier alpha value is -2.17. The molecule has 150 valence electrons. The maximum atomic E-state index is 12.4. The molecular weight excluding hydrogens is 477 g/mol. The van der Waals surface area contributed by atoms with Crippen molar-refractivity contribution in [2.24, 2.45) is 0 Å². The molecule has 3 N–H and O–H groups in total. The van der Waals surface area contributed by atoms with Crippen LogP contribution in [0.25, 0.3) is 0 Å². The standard InChI is InChI=1S/C20H22INO6/c1-12(24)13-3-6-15(7-4-13)22-20(26)28-19(18(27-2)9-10-23)16-11-14(21)5-8-17(16)25/h3-8,11,18-19,23,25H,9-10H2,1-2H3,(H,22,26)/t18-,19-/m0/s1. The van der Waals surface area contributed by atoms with E-state index in [2.05, 4.69) is 27.9 Å². The maximum Gasteiger partial charge on any atom is 0.412 e. The van der Waals surface area contributed by atoms with Crippen molar-refractivity contribution in [1.29, 1.82) is 0 Å².